The van der Waals surface area contributed by atoms with E-state index in [9.17, 15) is 14.4 Å². The Morgan fingerprint density at radius 3 is 1.65 bits per heavy atom. The molecule has 0 atom stereocenters. The lowest BCUT2D eigenvalue weighted by molar-refractivity contribution is -0.149. The summed E-state index contributed by atoms with van der Waals surface area (Å²) in [5.41, 5.74) is 0. The Morgan fingerprint density at radius 2 is 1.35 bits per heavy atom. The molecule has 0 saturated carbocycles. The van der Waals surface area contributed by atoms with Crippen LogP contribution < -0.4 is 10.6 Å². The SMILES string of the molecule is C1CNCCN1.O=C(O)CCCC(=O)C(=O)O. The van der Waals surface area contributed by atoms with Gasteiger partial charge in [0.1, 0.15) is 0 Å². The van der Waals surface area contributed by atoms with Gasteiger partial charge in [0.05, 0.1) is 0 Å². The van der Waals surface area contributed by atoms with Gasteiger partial charge in [-0.2, -0.15) is 0 Å². The highest BCUT2D eigenvalue weighted by atomic mass is 16.4. The summed E-state index contributed by atoms with van der Waals surface area (Å²) in [5.74, 6) is -3.47. The molecule has 1 aliphatic rings. The molecule has 0 aromatic rings. The second kappa shape index (κ2) is 9.73. The van der Waals surface area contributed by atoms with Gasteiger partial charge >= 0.3 is 11.9 Å². The lowest BCUT2D eigenvalue weighted by Crippen LogP contribution is -2.39. The summed E-state index contributed by atoms with van der Waals surface area (Å²) < 4.78 is 0. The minimum Gasteiger partial charge on any atom is -0.481 e. The third-order valence-corrected chi connectivity index (χ3v) is 1.99. The number of Topliss-reactive ketones (excluding diaryl/α,β-unsaturated/α-hetero) is 1. The van der Waals surface area contributed by atoms with Gasteiger partial charge in [0, 0.05) is 39.0 Å². The second-order valence-corrected chi connectivity index (χ2v) is 3.48. The molecule has 0 radical (unpaired) electrons. The molecule has 0 aromatic heterocycles. The molecule has 0 spiro atoms. The van der Waals surface area contributed by atoms with Gasteiger partial charge in [-0.15, -0.1) is 0 Å². The quantitative estimate of drug-likeness (QED) is 0.463. The molecule has 1 aliphatic heterocycles. The lowest BCUT2D eigenvalue weighted by Gasteiger charge is -2.11. The predicted octanol–water partition coefficient (Wildman–Crippen LogP) is -0.926. The van der Waals surface area contributed by atoms with E-state index in [1.165, 1.54) is 0 Å². The first-order valence-electron chi connectivity index (χ1n) is 5.43. The van der Waals surface area contributed by atoms with E-state index in [2.05, 4.69) is 10.6 Å². The van der Waals surface area contributed by atoms with Crippen LogP contribution in [0.3, 0.4) is 0 Å². The Labute approximate surface area is 99.2 Å². The van der Waals surface area contributed by atoms with Gasteiger partial charge in [-0.1, -0.05) is 0 Å². The van der Waals surface area contributed by atoms with Gasteiger partial charge in [0.2, 0.25) is 5.78 Å². The largest absolute Gasteiger partial charge is 0.481 e. The van der Waals surface area contributed by atoms with Crippen molar-refractivity contribution in [2.45, 2.75) is 19.3 Å². The van der Waals surface area contributed by atoms with Crippen LogP contribution in [-0.2, 0) is 14.4 Å². The number of rotatable bonds is 5. The molecule has 0 aromatic carbocycles. The second-order valence-electron chi connectivity index (χ2n) is 3.48. The van der Waals surface area contributed by atoms with Crippen LogP contribution in [0.25, 0.3) is 0 Å². The van der Waals surface area contributed by atoms with Crippen molar-refractivity contribution in [1.29, 1.82) is 0 Å². The number of carbonyl (C=O) groups is 3. The lowest BCUT2D eigenvalue weighted by atomic mass is 10.2. The number of piperazine rings is 1. The van der Waals surface area contributed by atoms with Crippen molar-refractivity contribution in [2.24, 2.45) is 0 Å². The highest BCUT2D eigenvalue weighted by Gasteiger charge is 2.10. The van der Waals surface area contributed by atoms with Crippen LogP contribution in [0, 0.1) is 0 Å². The van der Waals surface area contributed by atoms with Gasteiger partial charge < -0.3 is 20.8 Å². The van der Waals surface area contributed by atoms with Gasteiger partial charge in [-0.25, -0.2) is 4.79 Å². The van der Waals surface area contributed by atoms with Crippen molar-refractivity contribution < 1.29 is 24.6 Å². The fraction of sp³-hybridized carbons (Fsp3) is 0.700. The summed E-state index contributed by atoms with van der Waals surface area (Å²) in [6.07, 6.45) is -0.291. The summed E-state index contributed by atoms with van der Waals surface area (Å²) in [6.45, 7) is 4.56. The first-order valence-corrected chi connectivity index (χ1v) is 5.43. The average Bonchev–Trinajstić information content (AvgIpc) is 2.31. The minimum atomic E-state index is -1.50. The monoisotopic (exact) mass is 246 g/mol. The van der Waals surface area contributed by atoms with Crippen molar-refractivity contribution in [2.75, 3.05) is 26.2 Å². The van der Waals surface area contributed by atoms with E-state index in [0.29, 0.717) is 0 Å². The first-order chi connectivity index (χ1) is 8.04. The zero-order chi connectivity index (χ0) is 13.1. The number of aliphatic carboxylic acids is 2. The molecule has 0 unspecified atom stereocenters. The highest BCUT2D eigenvalue weighted by molar-refractivity contribution is 6.32. The van der Waals surface area contributed by atoms with Crippen molar-refractivity contribution >= 4 is 17.7 Å². The summed E-state index contributed by atoms with van der Waals surface area (Å²) >= 11 is 0. The molecular weight excluding hydrogens is 228 g/mol. The molecule has 17 heavy (non-hydrogen) atoms. The molecule has 1 fully saturated rings. The number of carboxylic acid groups (broad SMARTS) is 2. The van der Waals surface area contributed by atoms with E-state index in [0.717, 1.165) is 26.2 Å². The van der Waals surface area contributed by atoms with E-state index in [1.807, 2.05) is 0 Å². The number of ketones is 1. The average molecular weight is 246 g/mol. The van der Waals surface area contributed by atoms with Crippen LogP contribution in [0.15, 0.2) is 0 Å². The fourth-order valence-electron chi connectivity index (χ4n) is 1.11. The van der Waals surface area contributed by atoms with Crippen LogP contribution in [0.2, 0.25) is 0 Å². The zero-order valence-corrected chi connectivity index (χ0v) is 9.57. The van der Waals surface area contributed by atoms with E-state index in [-0.39, 0.29) is 19.3 Å². The minimum absolute atomic E-state index is 0.0838. The summed E-state index contributed by atoms with van der Waals surface area (Å²) in [4.78, 5) is 30.1. The Hall–Kier alpha value is -1.47. The van der Waals surface area contributed by atoms with Gasteiger partial charge in [0.25, 0.3) is 0 Å². The summed E-state index contributed by atoms with van der Waals surface area (Å²) in [7, 11) is 0. The van der Waals surface area contributed by atoms with Crippen molar-refractivity contribution in [1.82, 2.24) is 10.6 Å². The zero-order valence-electron chi connectivity index (χ0n) is 9.57. The van der Waals surface area contributed by atoms with Crippen LogP contribution in [0.5, 0.6) is 0 Å². The molecule has 4 N–H and O–H groups in total. The van der Waals surface area contributed by atoms with Crippen LogP contribution in [0.1, 0.15) is 19.3 Å². The molecule has 0 amide bonds. The standard InChI is InChI=1S/C6H8O5.C4H10N2/c7-4(6(10)11)2-1-3-5(8)9;1-2-6-4-3-5-1/h1-3H2,(H,8,9)(H,10,11);5-6H,1-4H2. The maximum Gasteiger partial charge on any atom is 0.372 e. The Balaban J connectivity index is 0.000000354. The highest BCUT2D eigenvalue weighted by Crippen LogP contribution is 1.96. The van der Waals surface area contributed by atoms with Crippen molar-refractivity contribution in [3.8, 4) is 0 Å². The molecule has 98 valence electrons. The molecule has 0 aliphatic carbocycles. The van der Waals surface area contributed by atoms with Crippen LogP contribution >= 0.6 is 0 Å². The predicted molar refractivity (Wildman–Crippen MR) is 59.9 cm³/mol. The third-order valence-electron chi connectivity index (χ3n) is 1.99. The normalized spacial score (nSPS) is 14.4. The Morgan fingerprint density at radius 1 is 0.882 bits per heavy atom. The third kappa shape index (κ3) is 10.8. The van der Waals surface area contributed by atoms with Gasteiger partial charge in [-0.3, -0.25) is 9.59 Å². The Bertz CT molecular complexity index is 252. The van der Waals surface area contributed by atoms with Crippen molar-refractivity contribution in [3.05, 3.63) is 0 Å². The first kappa shape index (κ1) is 15.5. The van der Waals surface area contributed by atoms with E-state index in [1.54, 1.807) is 0 Å². The summed E-state index contributed by atoms with van der Waals surface area (Å²) in [6, 6.07) is 0. The maximum atomic E-state index is 10.3. The van der Waals surface area contributed by atoms with Crippen LogP contribution in [0.4, 0.5) is 0 Å². The maximum absolute atomic E-state index is 10.3. The number of hydrogen-bond acceptors (Lipinski definition) is 5. The van der Waals surface area contributed by atoms with E-state index >= 15 is 0 Å². The number of carbonyl (C=O) groups excluding carboxylic acids is 1. The van der Waals surface area contributed by atoms with Crippen molar-refractivity contribution in [3.63, 3.8) is 0 Å². The number of hydrogen-bond donors (Lipinski definition) is 4. The topological polar surface area (TPSA) is 116 Å². The molecule has 7 nitrogen and oxygen atoms in total. The Kier molecular flexibility index (Phi) is 8.89. The molecule has 1 heterocycles. The number of carboxylic acids is 2. The molecule has 1 rings (SSSR count). The fourth-order valence-corrected chi connectivity index (χ4v) is 1.11. The molecule has 7 heteroatoms. The van der Waals surface area contributed by atoms with Gasteiger partial charge in [-0.05, 0) is 6.42 Å². The number of nitrogens with one attached hydrogen (secondary N) is 2. The van der Waals surface area contributed by atoms with E-state index < -0.39 is 17.7 Å². The molecule has 1 saturated heterocycles. The van der Waals surface area contributed by atoms with Gasteiger partial charge in [0.15, 0.2) is 0 Å². The van der Waals surface area contributed by atoms with E-state index in [4.69, 9.17) is 10.2 Å². The van der Waals surface area contributed by atoms with Crippen LogP contribution in [-0.4, -0.2) is 54.1 Å². The smallest absolute Gasteiger partial charge is 0.372 e. The molecular formula is C10H18N2O5. The molecule has 0 bridgehead atoms. The summed E-state index contributed by atoms with van der Waals surface area (Å²) in [5, 5.41) is 22.6.